The summed E-state index contributed by atoms with van der Waals surface area (Å²) in [5.41, 5.74) is 4.69. The van der Waals surface area contributed by atoms with E-state index < -0.39 is 0 Å². The van der Waals surface area contributed by atoms with Gasteiger partial charge in [0.05, 0.1) is 23.8 Å². The number of amidine groups is 1. The molecule has 2 aromatic carbocycles. The normalized spacial score (nSPS) is 15.3. The summed E-state index contributed by atoms with van der Waals surface area (Å²) in [5.74, 6) is 11.6. The number of nitrogens with zero attached hydrogens (tertiary/aromatic N) is 3. The number of rotatable bonds is 4. The van der Waals surface area contributed by atoms with Crippen molar-refractivity contribution in [2.45, 2.75) is 6.42 Å². The van der Waals surface area contributed by atoms with E-state index in [0.717, 1.165) is 28.8 Å². The summed E-state index contributed by atoms with van der Waals surface area (Å²) in [7, 11) is 0. The highest BCUT2D eigenvalue weighted by Gasteiger charge is 2.21. The van der Waals surface area contributed by atoms with Crippen molar-refractivity contribution < 1.29 is 4.74 Å². The number of nitrogens with one attached hydrogen (secondary N) is 1. The lowest BCUT2D eigenvalue weighted by Crippen LogP contribution is -2.36. The van der Waals surface area contributed by atoms with Gasteiger partial charge in [-0.15, -0.1) is 0 Å². The highest BCUT2D eigenvalue weighted by atomic mass is 32.1. The summed E-state index contributed by atoms with van der Waals surface area (Å²) >= 11 is 1.55. The van der Waals surface area contributed by atoms with Crippen LogP contribution in [0, 0.1) is 0 Å². The number of aromatic nitrogens is 1. The van der Waals surface area contributed by atoms with Gasteiger partial charge in [0.1, 0.15) is 0 Å². The number of hydrogen-bond donors (Lipinski definition) is 3. The molecule has 1 aromatic heterocycles. The Morgan fingerprint density at radius 3 is 2.70 bits per heavy atom. The first-order valence-corrected chi connectivity index (χ1v) is 9.65. The molecule has 2 heterocycles. The second-order valence-corrected chi connectivity index (χ2v) is 7.33. The summed E-state index contributed by atoms with van der Waals surface area (Å²) in [5, 5.41) is 7.18. The predicted octanol–water partition coefficient (Wildman–Crippen LogP) is 1.81. The summed E-state index contributed by atoms with van der Waals surface area (Å²) in [6.45, 7) is 3.07. The molecule has 0 spiro atoms. The maximum atomic E-state index is 5.62. The third-order valence-electron chi connectivity index (χ3n) is 4.63. The first kappa shape index (κ1) is 17.7. The smallest absolute Gasteiger partial charge is 0.186 e. The molecule has 0 radical (unpaired) electrons. The molecule has 1 aliphatic heterocycles. The Balaban J connectivity index is 1.69. The van der Waals surface area contributed by atoms with Crippen molar-refractivity contribution in [1.29, 1.82) is 0 Å². The van der Waals surface area contributed by atoms with Crippen molar-refractivity contribution in [3.05, 3.63) is 58.6 Å². The molecule has 4 rings (SSSR count). The third kappa shape index (κ3) is 3.73. The van der Waals surface area contributed by atoms with Gasteiger partial charge in [-0.1, -0.05) is 53.8 Å². The summed E-state index contributed by atoms with van der Waals surface area (Å²) in [6, 6.07) is 14.8. The quantitative estimate of drug-likeness (QED) is 0.275. The lowest BCUT2D eigenvalue weighted by atomic mass is 10.0. The number of benzene rings is 2. The Hall–Kier alpha value is -2.68. The fourth-order valence-corrected chi connectivity index (χ4v) is 4.33. The zero-order chi connectivity index (χ0) is 18.6. The number of hydrazine groups is 1. The van der Waals surface area contributed by atoms with Crippen LogP contribution in [0.1, 0.15) is 16.1 Å². The minimum atomic E-state index is 0.447. The number of hydrogen-bond acceptors (Lipinski definition) is 7. The maximum Gasteiger partial charge on any atom is 0.186 e. The lowest BCUT2D eigenvalue weighted by Gasteiger charge is -2.26. The number of fused-ring (bicyclic) bond motifs is 1. The van der Waals surface area contributed by atoms with Gasteiger partial charge in [-0.25, -0.2) is 10.8 Å². The van der Waals surface area contributed by atoms with Crippen molar-refractivity contribution >= 4 is 33.1 Å². The SMILES string of the molecule is N/N=C(\NN)c1sc(N2CCOCC2)nc1Cc1ccc2ccccc2c1. The number of morpholine rings is 1. The lowest BCUT2D eigenvalue weighted by molar-refractivity contribution is 0.122. The highest BCUT2D eigenvalue weighted by molar-refractivity contribution is 7.17. The number of hydrazone groups is 1. The van der Waals surface area contributed by atoms with E-state index in [2.05, 4.69) is 51.8 Å². The van der Waals surface area contributed by atoms with Crippen LogP contribution < -0.4 is 22.0 Å². The van der Waals surface area contributed by atoms with Crippen molar-refractivity contribution in [1.82, 2.24) is 10.4 Å². The molecule has 0 saturated carbocycles. The molecule has 7 nitrogen and oxygen atoms in total. The van der Waals surface area contributed by atoms with Crippen molar-refractivity contribution in [2.75, 3.05) is 31.2 Å². The summed E-state index contributed by atoms with van der Waals surface area (Å²) in [4.78, 5) is 7.98. The molecule has 0 amide bonds. The molecule has 1 saturated heterocycles. The molecule has 8 heteroatoms. The van der Waals surface area contributed by atoms with Gasteiger partial charge < -0.3 is 20.9 Å². The van der Waals surface area contributed by atoms with E-state index in [1.807, 2.05) is 6.07 Å². The Labute approximate surface area is 161 Å². The Kier molecular flexibility index (Phi) is 5.19. The molecule has 0 bridgehead atoms. The molecule has 0 unspecified atom stereocenters. The largest absolute Gasteiger partial charge is 0.378 e. The maximum absolute atomic E-state index is 5.62. The monoisotopic (exact) mass is 382 g/mol. The zero-order valence-electron chi connectivity index (χ0n) is 14.9. The van der Waals surface area contributed by atoms with E-state index in [-0.39, 0.29) is 0 Å². The third-order valence-corrected chi connectivity index (χ3v) is 5.80. The zero-order valence-corrected chi connectivity index (χ0v) is 15.7. The van der Waals surface area contributed by atoms with Crippen LogP contribution in [0.2, 0.25) is 0 Å². The minimum absolute atomic E-state index is 0.447. The first-order chi connectivity index (χ1) is 13.3. The van der Waals surface area contributed by atoms with Crippen LogP contribution in [-0.2, 0) is 11.2 Å². The van der Waals surface area contributed by atoms with Gasteiger partial charge >= 0.3 is 0 Å². The van der Waals surface area contributed by atoms with E-state index in [9.17, 15) is 0 Å². The Morgan fingerprint density at radius 2 is 1.96 bits per heavy atom. The molecule has 3 aromatic rings. The molecule has 1 fully saturated rings. The van der Waals surface area contributed by atoms with E-state index in [1.165, 1.54) is 16.3 Å². The average Bonchev–Trinajstić information content (AvgIpc) is 3.13. The van der Waals surface area contributed by atoms with E-state index in [4.69, 9.17) is 21.4 Å². The molecular formula is C19H22N6OS. The van der Waals surface area contributed by atoms with Gasteiger partial charge in [-0.3, -0.25) is 0 Å². The number of anilines is 1. The first-order valence-electron chi connectivity index (χ1n) is 8.83. The molecule has 1 aliphatic rings. The van der Waals surface area contributed by atoms with Gasteiger partial charge in [0.25, 0.3) is 0 Å². The van der Waals surface area contributed by atoms with E-state index >= 15 is 0 Å². The van der Waals surface area contributed by atoms with Crippen molar-refractivity contribution in [3.63, 3.8) is 0 Å². The Bertz CT molecular complexity index is 964. The molecule has 5 N–H and O–H groups in total. The predicted molar refractivity (Wildman–Crippen MR) is 110 cm³/mol. The Morgan fingerprint density at radius 1 is 1.19 bits per heavy atom. The van der Waals surface area contributed by atoms with Crippen LogP contribution in [-0.4, -0.2) is 37.1 Å². The van der Waals surface area contributed by atoms with Gasteiger partial charge in [-0.2, -0.15) is 5.10 Å². The van der Waals surface area contributed by atoms with Crippen LogP contribution in [0.15, 0.2) is 47.6 Å². The van der Waals surface area contributed by atoms with Gasteiger partial charge in [0.15, 0.2) is 11.0 Å². The number of nitrogens with two attached hydrogens (primary N) is 2. The standard InChI is InChI=1S/C19H22N6OS/c20-23-18(24-21)17-16(22-19(27-17)25-7-9-26-10-8-25)12-13-5-6-14-3-1-2-4-15(14)11-13/h1-6,11H,7-10,12,20-21H2,(H,23,24). The second-order valence-electron chi connectivity index (χ2n) is 6.35. The summed E-state index contributed by atoms with van der Waals surface area (Å²) < 4.78 is 5.44. The minimum Gasteiger partial charge on any atom is -0.378 e. The van der Waals surface area contributed by atoms with E-state index in [1.54, 1.807) is 11.3 Å². The van der Waals surface area contributed by atoms with Crippen LogP contribution in [0.5, 0.6) is 0 Å². The highest BCUT2D eigenvalue weighted by Crippen LogP contribution is 2.29. The molecule has 140 valence electrons. The fourth-order valence-electron chi connectivity index (χ4n) is 3.24. The van der Waals surface area contributed by atoms with Crippen molar-refractivity contribution in [3.8, 4) is 0 Å². The van der Waals surface area contributed by atoms with Gasteiger partial charge in [0.2, 0.25) is 0 Å². The average molecular weight is 382 g/mol. The molecular weight excluding hydrogens is 360 g/mol. The number of thiazole rings is 1. The van der Waals surface area contributed by atoms with Gasteiger partial charge in [0, 0.05) is 19.5 Å². The fraction of sp³-hybridized carbons (Fsp3) is 0.263. The van der Waals surface area contributed by atoms with Crippen molar-refractivity contribution in [2.24, 2.45) is 16.8 Å². The van der Waals surface area contributed by atoms with E-state index in [0.29, 0.717) is 25.5 Å². The van der Waals surface area contributed by atoms with Crippen LogP contribution in [0.4, 0.5) is 5.13 Å². The number of ether oxygens (including phenoxy) is 1. The van der Waals surface area contributed by atoms with Crippen LogP contribution in [0.25, 0.3) is 10.8 Å². The van der Waals surface area contributed by atoms with Crippen LogP contribution >= 0.6 is 11.3 Å². The molecule has 0 atom stereocenters. The van der Waals surface area contributed by atoms with Crippen LogP contribution in [0.3, 0.4) is 0 Å². The molecule has 27 heavy (non-hydrogen) atoms. The summed E-state index contributed by atoms with van der Waals surface area (Å²) in [6.07, 6.45) is 0.682. The second kappa shape index (κ2) is 7.91. The topological polar surface area (TPSA) is 102 Å². The molecule has 0 aliphatic carbocycles. The van der Waals surface area contributed by atoms with Gasteiger partial charge in [-0.05, 0) is 16.3 Å².